The molecule has 1 aliphatic heterocycles. The Kier molecular flexibility index (Phi) is 3.13. The first-order chi connectivity index (χ1) is 9.24. The highest BCUT2D eigenvalue weighted by atomic mass is 35.5. The molecule has 1 atom stereocenters. The largest absolute Gasteiger partial charge is 0.489 e. The second kappa shape index (κ2) is 4.94. The monoisotopic (exact) mass is 274 g/mol. The summed E-state index contributed by atoms with van der Waals surface area (Å²) in [6.45, 7) is 0.296. The Morgan fingerprint density at radius 3 is 2.63 bits per heavy atom. The minimum atomic E-state index is -0.348. The smallest absolute Gasteiger partial charge is 0.339 e. The van der Waals surface area contributed by atoms with Crippen molar-refractivity contribution >= 4 is 17.6 Å². The van der Waals surface area contributed by atoms with Crippen LogP contribution >= 0.6 is 11.6 Å². The molecule has 0 spiro atoms. The quantitative estimate of drug-likeness (QED) is 0.802. The molecule has 0 bridgehead atoms. The van der Waals surface area contributed by atoms with E-state index in [4.69, 9.17) is 21.1 Å². The molecule has 0 aliphatic carbocycles. The van der Waals surface area contributed by atoms with Gasteiger partial charge in [0.05, 0.1) is 5.56 Å². The number of carbonyl (C=O) groups excluding carboxylic acids is 1. The fourth-order valence-electron chi connectivity index (χ4n) is 2.05. The number of fused-ring (bicyclic) bond motifs is 1. The van der Waals surface area contributed by atoms with Crippen LogP contribution in [-0.4, -0.2) is 12.6 Å². The third kappa shape index (κ3) is 2.42. The predicted octanol–water partition coefficient (Wildman–Crippen LogP) is 3.63. The van der Waals surface area contributed by atoms with Gasteiger partial charge in [0.15, 0.2) is 6.10 Å². The number of rotatable bonds is 3. The van der Waals surface area contributed by atoms with Crippen molar-refractivity contribution in [3.63, 3.8) is 0 Å². The van der Waals surface area contributed by atoms with Gasteiger partial charge in [-0.3, -0.25) is 0 Å². The normalized spacial score (nSPS) is 16.9. The third-order valence-corrected chi connectivity index (χ3v) is 3.24. The average molecular weight is 275 g/mol. The zero-order valence-corrected chi connectivity index (χ0v) is 10.8. The molecule has 1 aliphatic rings. The van der Waals surface area contributed by atoms with Crippen LogP contribution in [-0.2, 0) is 4.74 Å². The van der Waals surface area contributed by atoms with Gasteiger partial charge in [-0.25, -0.2) is 4.79 Å². The van der Waals surface area contributed by atoms with E-state index in [1.54, 1.807) is 30.3 Å². The standard InChI is InChI=1S/C15H11ClO3/c16-10-5-7-11(8-6-10)18-9-14-12-3-1-2-4-13(12)15(17)19-14/h1-8,14H,9H2/t14-/m1/s1. The van der Waals surface area contributed by atoms with Crippen LogP contribution in [0.3, 0.4) is 0 Å². The molecule has 2 aromatic rings. The number of halogens is 1. The summed E-state index contributed by atoms with van der Waals surface area (Å²) >= 11 is 5.80. The summed E-state index contributed by atoms with van der Waals surface area (Å²) in [7, 11) is 0. The second-order valence-electron chi connectivity index (χ2n) is 4.25. The zero-order chi connectivity index (χ0) is 13.2. The van der Waals surface area contributed by atoms with E-state index in [1.165, 1.54) is 0 Å². The number of esters is 1. The van der Waals surface area contributed by atoms with Crippen molar-refractivity contribution in [3.8, 4) is 5.75 Å². The Hall–Kier alpha value is -2.00. The Labute approximate surface area is 115 Å². The number of hydrogen-bond acceptors (Lipinski definition) is 3. The van der Waals surface area contributed by atoms with Crippen molar-refractivity contribution in [3.05, 3.63) is 64.7 Å². The molecule has 3 nitrogen and oxygen atoms in total. The lowest BCUT2D eigenvalue weighted by Gasteiger charge is -2.12. The molecule has 2 aromatic carbocycles. The van der Waals surface area contributed by atoms with E-state index in [9.17, 15) is 4.79 Å². The zero-order valence-electron chi connectivity index (χ0n) is 10.0. The van der Waals surface area contributed by atoms with Crippen molar-refractivity contribution in [2.24, 2.45) is 0 Å². The molecule has 0 radical (unpaired) electrons. The summed E-state index contributed by atoms with van der Waals surface area (Å²) < 4.78 is 10.9. The highest BCUT2D eigenvalue weighted by Crippen LogP contribution is 2.30. The first kappa shape index (κ1) is 12.1. The average Bonchev–Trinajstić information content (AvgIpc) is 2.76. The fourth-order valence-corrected chi connectivity index (χ4v) is 2.17. The van der Waals surface area contributed by atoms with Crippen LogP contribution in [0.2, 0.25) is 5.02 Å². The number of carbonyl (C=O) groups is 1. The van der Waals surface area contributed by atoms with Gasteiger partial charge in [-0.2, -0.15) is 0 Å². The van der Waals surface area contributed by atoms with Gasteiger partial charge in [0.1, 0.15) is 12.4 Å². The van der Waals surface area contributed by atoms with E-state index in [-0.39, 0.29) is 12.1 Å². The maximum absolute atomic E-state index is 11.6. The number of ether oxygens (including phenoxy) is 2. The molecular formula is C15H11ClO3. The molecule has 0 fully saturated rings. The van der Waals surface area contributed by atoms with Crippen LogP contribution in [0.15, 0.2) is 48.5 Å². The lowest BCUT2D eigenvalue weighted by Crippen LogP contribution is -2.10. The number of cyclic esters (lactones) is 1. The van der Waals surface area contributed by atoms with Gasteiger partial charge < -0.3 is 9.47 Å². The molecule has 0 unspecified atom stereocenters. The molecule has 3 rings (SSSR count). The summed E-state index contributed by atoms with van der Waals surface area (Å²) in [5, 5.41) is 0.657. The maximum Gasteiger partial charge on any atom is 0.339 e. The molecule has 0 saturated heterocycles. The first-order valence-electron chi connectivity index (χ1n) is 5.92. The minimum absolute atomic E-state index is 0.291. The molecule has 19 heavy (non-hydrogen) atoms. The van der Waals surface area contributed by atoms with Crippen molar-refractivity contribution in [1.29, 1.82) is 0 Å². The van der Waals surface area contributed by atoms with E-state index < -0.39 is 0 Å². The summed E-state index contributed by atoms with van der Waals surface area (Å²) in [4.78, 5) is 11.6. The minimum Gasteiger partial charge on any atom is -0.489 e. The van der Waals surface area contributed by atoms with Crippen LogP contribution in [0, 0.1) is 0 Å². The topological polar surface area (TPSA) is 35.5 Å². The van der Waals surface area contributed by atoms with E-state index in [0.29, 0.717) is 22.9 Å². The molecular weight excluding hydrogens is 264 g/mol. The molecule has 0 N–H and O–H groups in total. The van der Waals surface area contributed by atoms with Gasteiger partial charge in [-0.05, 0) is 30.3 Å². The molecule has 0 amide bonds. The highest BCUT2D eigenvalue weighted by Gasteiger charge is 2.30. The van der Waals surface area contributed by atoms with E-state index in [0.717, 1.165) is 5.56 Å². The summed E-state index contributed by atoms with van der Waals surface area (Å²) in [5.41, 5.74) is 1.49. The lowest BCUT2D eigenvalue weighted by molar-refractivity contribution is 0.0269. The third-order valence-electron chi connectivity index (χ3n) is 2.99. The maximum atomic E-state index is 11.6. The Morgan fingerprint density at radius 2 is 1.84 bits per heavy atom. The predicted molar refractivity (Wildman–Crippen MR) is 71.5 cm³/mol. The SMILES string of the molecule is O=C1O[C@H](COc2ccc(Cl)cc2)c2ccccc21. The molecule has 0 aromatic heterocycles. The summed E-state index contributed by atoms with van der Waals surface area (Å²) in [6, 6.07) is 14.4. The van der Waals surface area contributed by atoms with Crippen LogP contribution in [0.1, 0.15) is 22.0 Å². The number of hydrogen-bond donors (Lipinski definition) is 0. The van der Waals surface area contributed by atoms with Crippen LogP contribution in [0.4, 0.5) is 0 Å². The molecule has 4 heteroatoms. The lowest BCUT2D eigenvalue weighted by atomic mass is 10.1. The summed E-state index contributed by atoms with van der Waals surface area (Å²) in [6.07, 6.45) is -0.348. The van der Waals surface area contributed by atoms with Gasteiger partial charge in [0.25, 0.3) is 0 Å². The Balaban J connectivity index is 1.72. The van der Waals surface area contributed by atoms with Crippen molar-refractivity contribution in [1.82, 2.24) is 0 Å². The van der Waals surface area contributed by atoms with Crippen LogP contribution in [0.5, 0.6) is 5.75 Å². The van der Waals surface area contributed by atoms with Crippen molar-refractivity contribution in [2.45, 2.75) is 6.10 Å². The second-order valence-corrected chi connectivity index (χ2v) is 4.68. The summed E-state index contributed by atoms with van der Waals surface area (Å²) in [5.74, 6) is 0.408. The van der Waals surface area contributed by atoms with Gasteiger partial charge >= 0.3 is 5.97 Å². The van der Waals surface area contributed by atoms with E-state index in [1.807, 2.05) is 18.2 Å². The molecule has 1 heterocycles. The van der Waals surface area contributed by atoms with Gasteiger partial charge in [-0.15, -0.1) is 0 Å². The van der Waals surface area contributed by atoms with Crippen LogP contribution < -0.4 is 4.74 Å². The Morgan fingerprint density at radius 1 is 1.11 bits per heavy atom. The highest BCUT2D eigenvalue weighted by molar-refractivity contribution is 6.30. The van der Waals surface area contributed by atoms with Crippen LogP contribution in [0.25, 0.3) is 0 Å². The van der Waals surface area contributed by atoms with Gasteiger partial charge in [0, 0.05) is 10.6 Å². The molecule has 0 saturated carbocycles. The fraction of sp³-hybridized carbons (Fsp3) is 0.133. The van der Waals surface area contributed by atoms with E-state index >= 15 is 0 Å². The van der Waals surface area contributed by atoms with Gasteiger partial charge in [0.2, 0.25) is 0 Å². The van der Waals surface area contributed by atoms with Crippen molar-refractivity contribution in [2.75, 3.05) is 6.61 Å². The molecule has 96 valence electrons. The van der Waals surface area contributed by atoms with E-state index in [2.05, 4.69) is 0 Å². The first-order valence-corrected chi connectivity index (χ1v) is 6.30. The Bertz CT molecular complexity index is 607. The number of benzene rings is 2. The van der Waals surface area contributed by atoms with Gasteiger partial charge in [-0.1, -0.05) is 29.8 Å². The van der Waals surface area contributed by atoms with Crippen molar-refractivity contribution < 1.29 is 14.3 Å².